The first kappa shape index (κ1) is 16.4. The van der Waals surface area contributed by atoms with Gasteiger partial charge in [0.1, 0.15) is 6.04 Å². The van der Waals surface area contributed by atoms with Gasteiger partial charge in [-0.25, -0.2) is 8.42 Å². The average Bonchev–Trinajstić information content (AvgIpc) is 2.83. The molecule has 1 aliphatic rings. The zero-order valence-corrected chi connectivity index (χ0v) is 14.0. The van der Waals surface area contributed by atoms with Crippen molar-refractivity contribution in [3.63, 3.8) is 0 Å². The number of aryl methyl sites for hydroxylation is 1. The minimum Gasteiger partial charge on any atom is -0.468 e. The molecule has 0 aromatic heterocycles. The Morgan fingerprint density at radius 1 is 1.48 bits per heavy atom. The average molecular weight is 378 g/mol. The molecule has 1 aromatic carbocycles. The minimum atomic E-state index is -3.89. The summed E-state index contributed by atoms with van der Waals surface area (Å²) >= 11 is 3.24. The van der Waals surface area contributed by atoms with Gasteiger partial charge in [-0.2, -0.15) is 4.31 Å². The van der Waals surface area contributed by atoms with E-state index < -0.39 is 28.1 Å². The molecule has 8 heteroatoms. The molecule has 2 rings (SSSR count). The Bertz CT molecular complexity index is 661. The smallest absolute Gasteiger partial charge is 0.324 e. The lowest BCUT2D eigenvalue weighted by Crippen LogP contribution is -2.41. The van der Waals surface area contributed by atoms with E-state index in [4.69, 9.17) is 0 Å². The lowest BCUT2D eigenvalue weighted by molar-refractivity contribution is -0.144. The maximum atomic E-state index is 12.8. The Kier molecular flexibility index (Phi) is 4.72. The van der Waals surface area contributed by atoms with Gasteiger partial charge in [0, 0.05) is 17.4 Å². The number of hydrogen-bond acceptors (Lipinski definition) is 5. The van der Waals surface area contributed by atoms with Gasteiger partial charge < -0.3 is 9.84 Å². The van der Waals surface area contributed by atoms with E-state index in [1.165, 1.54) is 13.2 Å². The quantitative estimate of drug-likeness (QED) is 0.796. The van der Waals surface area contributed by atoms with Crippen LogP contribution in [0, 0.1) is 6.92 Å². The molecule has 0 aliphatic carbocycles. The van der Waals surface area contributed by atoms with Crippen molar-refractivity contribution in [2.75, 3.05) is 13.7 Å². The Hall–Kier alpha value is -0.960. The van der Waals surface area contributed by atoms with E-state index in [9.17, 15) is 18.3 Å². The highest BCUT2D eigenvalue weighted by Gasteiger charge is 2.44. The van der Waals surface area contributed by atoms with Crippen molar-refractivity contribution in [3.8, 4) is 0 Å². The number of hydrogen-bond donors (Lipinski definition) is 1. The molecule has 0 bridgehead atoms. The van der Waals surface area contributed by atoms with Crippen LogP contribution in [-0.4, -0.2) is 49.6 Å². The Morgan fingerprint density at radius 2 is 2.14 bits per heavy atom. The molecule has 2 atom stereocenters. The van der Waals surface area contributed by atoms with Gasteiger partial charge in [0.05, 0.1) is 18.1 Å². The number of aliphatic hydroxyl groups excluding tert-OH is 1. The fraction of sp³-hybridized carbons (Fsp3) is 0.462. The van der Waals surface area contributed by atoms with Crippen molar-refractivity contribution in [3.05, 3.63) is 28.2 Å². The molecule has 1 heterocycles. The maximum absolute atomic E-state index is 12.8. The monoisotopic (exact) mass is 377 g/mol. The largest absolute Gasteiger partial charge is 0.468 e. The second-order valence-electron chi connectivity index (χ2n) is 4.91. The summed E-state index contributed by atoms with van der Waals surface area (Å²) in [6.07, 6.45) is -0.838. The first-order valence-corrected chi connectivity index (χ1v) is 8.54. The van der Waals surface area contributed by atoms with Gasteiger partial charge in [-0.3, -0.25) is 4.79 Å². The summed E-state index contributed by atoms with van der Waals surface area (Å²) in [5.41, 5.74) is 0.572. The normalized spacial score (nSPS) is 23.2. The van der Waals surface area contributed by atoms with Crippen molar-refractivity contribution < 1.29 is 23.1 Å². The van der Waals surface area contributed by atoms with Crippen LogP contribution in [0.25, 0.3) is 0 Å². The van der Waals surface area contributed by atoms with E-state index in [0.29, 0.717) is 10.0 Å². The molecule has 0 radical (unpaired) electrons. The SMILES string of the molecule is COC(=O)C1CC(O)CN1S(=O)(=O)c1cc(Br)ccc1C. The molecule has 1 aromatic rings. The third-order valence-electron chi connectivity index (χ3n) is 3.44. The lowest BCUT2D eigenvalue weighted by Gasteiger charge is -2.22. The molecule has 1 saturated heterocycles. The number of methoxy groups -OCH3 is 1. The molecule has 1 aliphatic heterocycles. The molecule has 1 N–H and O–H groups in total. The summed E-state index contributed by atoms with van der Waals surface area (Å²) in [6, 6.07) is 3.92. The van der Waals surface area contributed by atoms with Crippen LogP contribution in [0.4, 0.5) is 0 Å². The van der Waals surface area contributed by atoms with Gasteiger partial charge in [0.25, 0.3) is 0 Å². The zero-order chi connectivity index (χ0) is 15.8. The van der Waals surface area contributed by atoms with Crippen LogP contribution in [0.1, 0.15) is 12.0 Å². The topological polar surface area (TPSA) is 83.9 Å². The Labute approximate surface area is 131 Å². The molecule has 0 spiro atoms. The van der Waals surface area contributed by atoms with Gasteiger partial charge in [-0.05, 0) is 24.6 Å². The highest BCUT2D eigenvalue weighted by molar-refractivity contribution is 9.10. The fourth-order valence-corrected chi connectivity index (χ4v) is 4.77. The standard InChI is InChI=1S/C13H16BrNO5S/c1-8-3-4-9(14)5-12(8)21(18,19)15-7-10(16)6-11(15)13(17)20-2/h3-5,10-11,16H,6-7H2,1-2H3. The lowest BCUT2D eigenvalue weighted by atomic mass is 10.2. The number of ether oxygens (including phenoxy) is 1. The summed E-state index contributed by atoms with van der Waals surface area (Å²) in [5, 5.41) is 9.73. The molecular weight excluding hydrogens is 362 g/mol. The van der Waals surface area contributed by atoms with Crippen LogP contribution in [0.5, 0.6) is 0 Å². The molecular formula is C13H16BrNO5S. The van der Waals surface area contributed by atoms with Crippen LogP contribution in [0.15, 0.2) is 27.6 Å². The fourth-order valence-electron chi connectivity index (χ4n) is 2.38. The van der Waals surface area contributed by atoms with Crippen LogP contribution < -0.4 is 0 Å². The molecule has 21 heavy (non-hydrogen) atoms. The highest BCUT2D eigenvalue weighted by Crippen LogP contribution is 2.30. The molecule has 0 saturated carbocycles. The Morgan fingerprint density at radius 3 is 2.76 bits per heavy atom. The predicted molar refractivity (Wildman–Crippen MR) is 79.2 cm³/mol. The van der Waals surface area contributed by atoms with Crippen molar-refractivity contribution in [2.24, 2.45) is 0 Å². The van der Waals surface area contributed by atoms with Gasteiger partial charge >= 0.3 is 5.97 Å². The van der Waals surface area contributed by atoms with Crippen molar-refractivity contribution in [1.82, 2.24) is 4.31 Å². The van der Waals surface area contributed by atoms with E-state index in [0.717, 1.165) is 4.31 Å². The number of nitrogens with zero attached hydrogens (tertiary/aromatic N) is 1. The van der Waals surface area contributed by atoms with E-state index in [1.807, 2.05) is 0 Å². The zero-order valence-electron chi connectivity index (χ0n) is 11.6. The number of carbonyl (C=O) groups is 1. The van der Waals surface area contributed by atoms with Gasteiger partial charge in [-0.1, -0.05) is 22.0 Å². The summed E-state index contributed by atoms with van der Waals surface area (Å²) in [6.45, 7) is 1.56. The van der Waals surface area contributed by atoms with Gasteiger partial charge in [0.15, 0.2) is 0 Å². The number of aliphatic hydroxyl groups is 1. The predicted octanol–water partition coefficient (Wildman–Crippen LogP) is 1.05. The van der Waals surface area contributed by atoms with E-state index in [-0.39, 0.29) is 17.9 Å². The minimum absolute atomic E-state index is 0.0406. The van der Waals surface area contributed by atoms with Crippen LogP contribution in [0.2, 0.25) is 0 Å². The molecule has 116 valence electrons. The number of carbonyl (C=O) groups excluding carboxylic acids is 1. The first-order chi connectivity index (χ1) is 9.77. The van der Waals surface area contributed by atoms with Gasteiger partial charge in [0.2, 0.25) is 10.0 Å². The number of β-amino-alcohol motifs (C(OH)–C–C–N with tert-alkyl or cyclic N) is 1. The molecule has 2 unspecified atom stereocenters. The molecule has 0 amide bonds. The van der Waals surface area contributed by atoms with Crippen LogP contribution in [0.3, 0.4) is 0 Å². The number of benzene rings is 1. The number of esters is 1. The van der Waals surface area contributed by atoms with Crippen LogP contribution >= 0.6 is 15.9 Å². The third kappa shape index (κ3) is 3.13. The van der Waals surface area contributed by atoms with Crippen LogP contribution in [-0.2, 0) is 19.6 Å². The summed E-state index contributed by atoms with van der Waals surface area (Å²) < 4.78 is 31.8. The number of sulfonamides is 1. The van der Waals surface area contributed by atoms with E-state index in [1.54, 1.807) is 19.1 Å². The van der Waals surface area contributed by atoms with Crippen molar-refractivity contribution in [2.45, 2.75) is 30.4 Å². The number of halogens is 1. The number of rotatable bonds is 3. The summed E-state index contributed by atoms with van der Waals surface area (Å²) in [7, 11) is -2.69. The third-order valence-corrected chi connectivity index (χ3v) is 5.95. The van der Waals surface area contributed by atoms with E-state index >= 15 is 0 Å². The van der Waals surface area contributed by atoms with Crippen molar-refractivity contribution >= 4 is 31.9 Å². The summed E-state index contributed by atoms with van der Waals surface area (Å²) in [4.78, 5) is 11.9. The second kappa shape index (κ2) is 6.04. The maximum Gasteiger partial charge on any atom is 0.324 e. The second-order valence-corrected chi connectivity index (χ2v) is 7.69. The van der Waals surface area contributed by atoms with Crippen molar-refractivity contribution in [1.29, 1.82) is 0 Å². The van der Waals surface area contributed by atoms with E-state index in [2.05, 4.69) is 20.7 Å². The van der Waals surface area contributed by atoms with Gasteiger partial charge in [-0.15, -0.1) is 0 Å². The highest BCUT2D eigenvalue weighted by atomic mass is 79.9. The molecule has 1 fully saturated rings. The Balaban J connectivity index is 2.47. The molecule has 6 nitrogen and oxygen atoms in total. The summed E-state index contributed by atoms with van der Waals surface area (Å²) in [5.74, 6) is -0.664. The first-order valence-electron chi connectivity index (χ1n) is 6.31.